The predicted molar refractivity (Wildman–Crippen MR) is 84.2 cm³/mol. The van der Waals surface area contributed by atoms with E-state index >= 15 is 0 Å². The number of hydrogen-bond acceptors (Lipinski definition) is 3. The summed E-state index contributed by atoms with van der Waals surface area (Å²) < 4.78 is 13.5. The van der Waals surface area contributed by atoms with Gasteiger partial charge in [0.1, 0.15) is 11.6 Å². The molecule has 1 aromatic carbocycles. The lowest BCUT2D eigenvalue weighted by atomic mass is 10.1. The van der Waals surface area contributed by atoms with Crippen LogP contribution < -0.4 is 10.6 Å². The quantitative estimate of drug-likeness (QED) is 0.861. The molecule has 5 heteroatoms. The Hall–Kier alpha value is -2.43. The van der Waals surface area contributed by atoms with Crippen LogP contribution in [0.4, 0.5) is 15.9 Å². The van der Waals surface area contributed by atoms with Gasteiger partial charge in [0.15, 0.2) is 0 Å². The third-order valence-electron chi connectivity index (χ3n) is 3.64. The van der Waals surface area contributed by atoms with E-state index in [1.807, 2.05) is 12.1 Å². The summed E-state index contributed by atoms with van der Waals surface area (Å²) in [7, 11) is 0. The number of pyridine rings is 1. The Bertz CT molecular complexity index is 653. The molecule has 22 heavy (non-hydrogen) atoms. The van der Waals surface area contributed by atoms with Crippen LogP contribution in [0.15, 0.2) is 42.6 Å². The van der Waals surface area contributed by atoms with Gasteiger partial charge in [-0.3, -0.25) is 4.79 Å². The summed E-state index contributed by atoms with van der Waals surface area (Å²) in [5, 5.41) is 5.99. The number of benzene rings is 1. The molecule has 114 valence electrons. The molecule has 1 aromatic heterocycles. The monoisotopic (exact) mass is 299 g/mol. The van der Waals surface area contributed by atoms with Crippen molar-refractivity contribution in [2.75, 3.05) is 17.2 Å². The maximum atomic E-state index is 13.5. The van der Waals surface area contributed by atoms with Gasteiger partial charge < -0.3 is 10.6 Å². The maximum absolute atomic E-state index is 13.5. The molecular weight excluding hydrogens is 281 g/mol. The van der Waals surface area contributed by atoms with E-state index in [0.29, 0.717) is 24.3 Å². The summed E-state index contributed by atoms with van der Waals surface area (Å²) in [6.45, 7) is 0.621. The fourth-order valence-corrected chi connectivity index (χ4v) is 2.19. The Kier molecular flexibility index (Phi) is 4.32. The van der Waals surface area contributed by atoms with Gasteiger partial charge in [0.05, 0.1) is 11.9 Å². The van der Waals surface area contributed by atoms with Crippen LogP contribution >= 0.6 is 0 Å². The zero-order valence-corrected chi connectivity index (χ0v) is 12.2. The van der Waals surface area contributed by atoms with Gasteiger partial charge in [-0.1, -0.05) is 18.2 Å². The second-order valence-electron chi connectivity index (χ2n) is 5.46. The Balaban J connectivity index is 1.48. The van der Waals surface area contributed by atoms with Crippen LogP contribution in [0.25, 0.3) is 0 Å². The van der Waals surface area contributed by atoms with Crippen LogP contribution in [0.3, 0.4) is 0 Å². The molecule has 0 spiro atoms. The first-order valence-corrected chi connectivity index (χ1v) is 7.46. The molecule has 3 rings (SSSR count). The summed E-state index contributed by atoms with van der Waals surface area (Å²) in [6, 6.07) is 10.4. The maximum Gasteiger partial charge on any atom is 0.228 e. The van der Waals surface area contributed by atoms with Crippen molar-refractivity contribution in [2.24, 2.45) is 5.92 Å². The SMILES string of the molecule is O=C(Nc1ccc(NCCc2ccccc2F)cn1)C1CC1. The third kappa shape index (κ3) is 3.81. The van der Waals surface area contributed by atoms with Gasteiger partial charge in [-0.15, -0.1) is 0 Å². The number of carbonyl (C=O) groups is 1. The number of rotatable bonds is 6. The molecule has 0 saturated heterocycles. The molecule has 1 aliphatic rings. The van der Waals surface area contributed by atoms with Crippen LogP contribution in [-0.2, 0) is 11.2 Å². The molecule has 1 heterocycles. The molecule has 4 nitrogen and oxygen atoms in total. The normalized spacial score (nSPS) is 13.7. The van der Waals surface area contributed by atoms with Gasteiger partial charge in [0, 0.05) is 12.5 Å². The smallest absolute Gasteiger partial charge is 0.228 e. The Morgan fingerprint density at radius 3 is 2.73 bits per heavy atom. The minimum Gasteiger partial charge on any atom is -0.383 e. The average Bonchev–Trinajstić information content (AvgIpc) is 3.36. The van der Waals surface area contributed by atoms with Crippen molar-refractivity contribution in [1.82, 2.24) is 4.98 Å². The van der Waals surface area contributed by atoms with E-state index in [1.54, 1.807) is 24.4 Å². The van der Waals surface area contributed by atoms with Crippen molar-refractivity contribution in [3.63, 3.8) is 0 Å². The lowest BCUT2D eigenvalue weighted by Gasteiger charge is -2.08. The third-order valence-corrected chi connectivity index (χ3v) is 3.64. The summed E-state index contributed by atoms with van der Waals surface area (Å²) in [6.07, 6.45) is 4.22. The number of aromatic nitrogens is 1. The summed E-state index contributed by atoms with van der Waals surface area (Å²) in [4.78, 5) is 15.8. The lowest BCUT2D eigenvalue weighted by molar-refractivity contribution is -0.117. The summed E-state index contributed by atoms with van der Waals surface area (Å²) in [5.41, 5.74) is 1.54. The fraction of sp³-hybridized carbons (Fsp3) is 0.294. The van der Waals surface area contributed by atoms with Crippen LogP contribution in [0.2, 0.25) is 0 Å². The Labute approximate surface area is 128 Å². The van der Waals surface area contributed by atoms with E-state index < -0.39 is 0 Å². The fourth-order valence-electron chi connectivity index (χ4n) is 2.19. The standard InChI is InChI=1S/C17H18FN3O/c18-15-4-2-1-3-12(15)9-10-19-14-7-8-16(20-11-14)21-17(22)13-5-6-13/h1-4,7-8,11,13,19H,5-6,9-10H2,(H,20,21,22). The van der Waals surface area contributed by atoms with Gasteiger partial charge in [0.25, 0.3) is 0 Å². The van der Waals surface area contributed by atoms with E-state index in [1.165, 1.54) is 6.07 Å². The minimum absolute atomic E-state index is 0.0489. The summed E-state index contributed by atoms with van der Waals surface area (Å²) >= 11 is 0. The highest BCUT2D eigenvalue weighted by atomic mass is 19.1. The van der Waals surface area contributed by atoms with E-state index in [2.05, 4.69) is 15.6 Å². The Morgan fingerprint density at radius 1 is 1.23 bits per heavy atom. The molecule has 1 amide bonds. The van der Waals surface area contributed by atoms with Crippen molar-refractivity contribution >= 4 is 17.4 Å². The van der Waals surface area contributed by atoms with Crippen molar-refractivity contribution < 1.29 is 9.18 Å². The number of nitrogens with zero attached hydrogens (tertiary/aromatic N) is 1. The predicted octanol–water partition coefficient (Wildman–Crippen LogP) is 3.22. The van der Waals surface area contributed by atoms with Crippen molar-refractivity contribution in [1.29, 1.82) is 0 Å². The molecule has 2 aromatic rings. The average molecular weight is 299 g/mol. The molecule has 0 unspecified atom stereocenters. The highest BCUT2D eigenvalue weighted by Crippen LogP contribution is 2.29. The van der Waals surface area contributed by atoms with E-state index in [9.17, 15) is 9.18 Å². The van der Waals surface area contributed by atoms with Gasteiger partial charge in [-0.25, -0.2) is 9.37 Å². The molecule has 0 bridgehead atoms. The van der Waals surface area contributed by atoms with Gasteiger partial charge in [-0.2, -0.15) is 0 Å². The second kappa shape index (κ2) is 6.56. The molecule has 0 atom stereocenters. The van der Waals surface area contributed by atoms with Crippen LogP contribution in [0, 0.1) is 11.7 Å². The number of nitrogens with one attached hydrogen (secondary N) is 2. The molecular formula is C17H18FN3O. The van der Waals surface area contributed by atoms with Crippen molar-refractivity contribution in [3.8, 4) is 0 Å². The zero-order valence-electron chi connectivity index (χ0n) is 12.2. The van der Waals surface area contributed by atoms with Crippen LogP contribution in [0.5, 0.6) is 0 Å². The molecule has 1 saturated carbocycles. The molecule has 0 radical (unpaired) electrons. The topological polar surface area (TPSA) is 54.0 Å². The van der Waals surface area contributed by atoms with Crippen molar-refractivity contribution in [3.05, 3.63) is 54.0 Å². The number of amides is 1. The largest absolute Gasteiger partial charge is 0.383 e. The number of anilines is 2. The minimum atomic E-state index is -0.180. The second-order valence-corrected chi connectivity index (χ2v) is 5.46. The van der Waals surface area contributed by atoms with Crippen LogP contribution in [-0.4, -0.2) is 17.4 Å². The van der Waals surface area contributed by atoms with E-state index in [4.69, 9.17) is 0 Å². The number of hydrogen-bond donors (Lipinski definition) is 2. The van der Waals surface area contributed by atoms with Gasteiger partial charge in [0.2, 0.25) is 5.91 Å². The van der Waals surface area contributed by atoms with E-state index in [-0.39, 0.29) is 17.6 Å². The van der Waals surface area contributed by atoms with Gasteiger partial charge in [-0.05, 0) is 43.0 Å². The number of halogens is 1. The van der Waals surface area contributed by atoms with Crippen LogP contribution in [0.1, 0.15) is 18.4 Å². The van der Waals surface area contributed by atoms with E-state index in [0.717, 1.165) is 18.5 Å². The van der Waals surface area contributed by atoms with Gasteiger partial charge >= 0.3 is 0 Å². The van der Waals surface area contributed by atoms with Crippen molar-refractivity contribution in [2.45, 2.75) is 19.3 Å². The lowest BCUT2D eigenvalue weighted by Crippen LogP contribution is -2.14. The molecule has 1 fully saturated rings. The zero-order chi connectivity index (χ0) is 15.4. The number of carbonyl (C=O) groups excluding carboxylic acids is 1. The molecule has 0 aliphatic heterocycles. The highest BCUT2D eigenvalue weighted by Gasteiger charge is 2.29. The molecule has 2 N–H and O–H groups in total. The first-order valence-electron chi connectivity index (χ1n) is 7.46. The highest BCUT2D eigenvalue weighted by molar-refractivity contribution is 5.93. The first kappa shape index (κ1) is 14.5. The first-order chi connectivity index (χ1) is 10.7. The Morgan fingerprint density at radius 2 is 2.05 bits per heavy atom. The summed E-state index contributed by atoms with van der Waals surface area (Å²) in [5.74, 6) is 0.602. The molecule has 1 aliphatic carbocycles.